The van der Waals surface area contributed by atoms with E-state index in [-0.39, 0.29) is 18.4 Å². The maximum absolute atomic E-state index is 11.6. The summed E-state index contributed by atoms with van der Waals surface area (Å²) in [5.74, 6) is 1.42. The molecular weight excluding hydrogens is 456 g/mol. The number of nitrogens with zero attached hydrogens (tertiary/aromatic N) is 5. The van der Waals surface area contributed by atoms with Gasteiger partial charge in [-0.05, 0) is 19.4 Å². The number of hydrogen-bond acceptors (Lipinski definition) is 10. The Labute approximate surface area is 206 Å². The SMILES string of the molecule is COC(Cn1ccnc1CN(CCCCC(N)C(=O)CO)Cc1nccn1CC(OC)OC)OC. The molecule has 12 heteroatoms. The van der Waals surface area contributed by atoms with Gasteiger partial charge in [-0.3, -0.25) is 9.69 Å². The molecule has 2 heterocycles. The van der Waals surface area contributed by atoms with E-state index in [1.807, 2.05) is 21.5 Å². The van der Waals surface area contributed by atoms with E-state index in [2.05, 4.69) is 14.9 Å². The molecule has 12 nitrogen and oxygen atoms in total. The molecule has 2 aromatic rings. The lowest BCUT2D eigenvalue weighted by Gasteiger charge is -2.24. The van der Waals surface area contributed by atoms with Crippen molar-refractivity contribution in [2.75, 3.05) is 41.6 Å². The van der Waals surface area contributed by atoms with Crippen molar-refractivity contribution in [2.24, 2.45) is 5.73 Å². The summed E-state index contributed by atoms with van der Waals surface area (Å²) in [4.78, 5) is 22.9. The van der Waals surface area contributed by atoms with E-state index >= 15 is 0 Å². The lowest BCUT2D eigenvalue weighted by atomic mass is 10.1. The minimum atomic E-state index is -0.633. The van der Waals surface area contributed by atoms with E-state index in [9.17, 15) is 4.79 Å². The van der Waals surface area contributed by atoms with Gasteiger partial charge in [0.05, 0.1) is 32.2 Å². The Morgan fingerprint density at radius 1 is 0.943 bits per heavy atom. The Morgan fingerprint density at radius 2 is 1.43 bits per heavy atom. The van der Waals surface area contributed by atoms with E-state index < -0.39 is 12.6 Å². The molecule has 0 bridgehead atoms. The first kappa shape index (κ1) is 29.0. The summed E-state index contributed by atoms with van der Waals surface area (Å²) in [5, 5.41) is 8.99. The molecule has 0 aliphatic rings. The number of rotatable bonds is 19. The molecule has 0 aromatic carbocycles. The molecule has 2 aromatic heterocycles. The molecule has 35 heavy (non-hydrogen) atoms. The number of ketones is 1. The first-order valence-corrected chi connectivity index (χ1v) is 11.7. The van der Waals surface area contributed by atoms with Crippen LogP contribution in [0.25, 0.3) is 0 Å². The number of imidazole rings is 2. The normalized spacial score (nSPS) is 12.8. The van der Waals surface area contributed by atoms with Crippen LogP contribution in [-0.4, -0.2) is 95.1 Å². The van der Waals surface area contributed by atoms with E-state index in [0.29, 0.717) is 32.6 Å². The predicted octanol–water partition coefficient (Wildman–Crippen LogP) is 0.379. The van der Waals surface area contributed by atoms with Crippen molar-refractivity contribution in [1.82, 2.24) is 24.0 Å². The van der Waals surface area contributed by atoms with Crippen molar-refractivity contribution in [3.05, 3.63) is 36.4 Å². The van der Waals surface area contributed by atoms with Crippen molar-refractivity contribution >= 4 is 5.78 Å². The molecule has 198 valence electrons. The van der Waals surface area contributed by atoms with Gasteiger partial charge in [0.2, 0.25) is 0 Å². The van der Waals surface area contributed by atoms with Crippen LogP contribution in [0.4, 0.5) is 0 Å². The number of carbonyl (C=O) groups excluding carboxylic acids is 1. The number of methoxy groups -OCH3 is 4. The Bertz CT molecular complexity index is 797. The molecule has 0 saturated heterocycles. The van der Waals surface area contributed by atoms with Crippen LogP contribution in [0, 0.1) is 0 Å². The third-order valence-corrected chi connectivity index (χ3v) is 5.89. The molecule has 3 N–H and O–H groups in total. The maximum Gasteiger partial charge on any atom is 0.174 e. The summed E-state index contributed by atoms with van der Waals surface area (Å²) in [6, 6.07) is -0.633. The minimum absolute atomic E-state index is 0.331. The number of ether oxygens (including phenoxy) is 4. The molecular formula is C23H40N6O6. The van der Waals surface area contributed by atoms with Crippen LogP contribution < -0.4 is 5.73 Å². The van der Waals surface area contributed by atoms with Crippen LogP contribution >= 0.6 is 0 Å². The van der Waals surface area contributed by atoms with E-state index in [0.717, 1.165) is 31.0 Å². The summed E-state index contributed by atoms with van der Waals surface area (Å²) >= 11 is 0. The number of aliphatic hydroxyl groups excluding tert-OH is 1. The number of nitrogens with two attached hydrogens (primary N) is 1. The monoisotopic (exact) mass is 496 g/mol. The van der Waals surface area contributed by atoms with E-state index in [1.54, 1.807) is 40.8 Å². The molecule has 0 aliphatic carbocycles. The number of aliphatic hydroxyl groups is 1. The highest BCUT2D eigenvalue weighted by Gasteiger charge is 2.18. The van der Waals surface area contributed by atoms with Crippen molar-refractivity contribution in [2.45, 2.75) is 64.1 Å². The Kier molecular flexibility index (Phi) is 13.1. The van der Waals surface area contributed by atoms with Gasteiger partial charge in [0.1, 0.15) is 18.3 Å². The number of Topliss-reactive ketones (excluding diaryl/α,β-unsaturated/α-hetero) is 1. The van der Waals surface area contributed by atoms with Crippen LogP contribution in [0.2, 0.25) is 0 Å². The van der Waals surface area contributed by atoms with Crippen molar-refractivity contribution < 1.29 is 28.8 Å². The molecule has 0 radical (unpaired) electrons. The highest BCUT2D eigenvalue weighted by atomic mass is 16.7. The quantitative estimate of drug-likeness (QED) is 0.207. The van der Waals surface area contributed by atoms with Gasteiger partial charge < -0.3 is 38.9 Å². The predicted molar refractivity (Wildman–Crippen MR) is 128 cm³/mol. The van der Waals surface area contributed by atoms with Crippen LogP contribution in [0.3, 0.4) is 0 Å². The van der Waals surface area contributed by atoms with E-state index in [4.69, 9.17) is 29.8 Å². The maximum atomic E-state index is 11.6. The lowest BCUT2D eigenvalue weighted by Crippen LogP contribution is -2.33. The number of carbonyl (C=O) groups is 1. The second kappa shape index (κ2) is 15.7. The molecule has 0 spiro atoms. The number of unbranched alkanes of at least 4 members (excludes halogenated alkanes) is 1. The topological polar surface area (TPSA) is 139 Å². The molecule has 0 saturated carbocycles. The van der Waals surface area contributed by atoms with Gasteiger partial charge >= 0.3 is 0 Å². The smallest absolute Gasteiger partial charge is 0.174 e. The molecule has 1 atom stereocenters. The van der Waals surface area contributed by atoms with Crippen LogP contribution in [0.5, 0.6) is 0 Å². The zero-order valence-corrected chi connectivity index (χ0v) is 21.2. The van der Waals surface area contributed by atoms with Crippen molar-refractivity contribution in [3.63, 3.8) is 0 Å². The molecule has 1 unspecified atom stereocenters. The Balaban J connectivity index is 2.10. The lowest BCUT2D eigenvalue weighted by molar-refractivity contribution is -0.123. The van der Waals surface area contributed by atoms with Gasteiger partial charge in [-0.25, -0.2) is 9.97 Å². The third-order valence-electron chi connectivity index (χ3n) is 5.89. The summed E-state index contributed by atoms with van der Waals surface area (Å²) in [6.07, 6.45) is 8.70. The van der Waals surface area contributed by atoms with Gasteiger partial charge in [0, 0.05) is 53.2 Å². The summed E-state index contributed by atoms with van der Waals surface area (Å²) in [7, 11) is 6.43. The zero-order chi connectivity index (χ0) is 25.6. The zero-order valence-electron chi connectivity index (χ0n) is 21.2. The highest BCUT2D eigenvalue weighted by Crippen LogP contribution is 2.13. The third kappa shape index (κ3) is 9.41. The van der Waals surface area contributed by atoms with Gasteiger partial charge in [-0.1, -0.05) is 6.42 Å². The second-order valence-corrected chi connectivity index (χ2v) is 8.23. The average Bonchev–Trinajstić information content (AvgIpc) is 3.51. The Morgan fingerprint density at radius 3 is 1.86 bits per heavy atom. The first-order valence-electron chi connectivity index (χ1n) is 11.7. The number of aromatic nitrogens is 4. The number of hydrogen-bond donors (Lipinski definition) is 2. The fraction of sp³-hybridized carbons (Fsp3) is 0.696. The van der Waals surface area contributed by atoms with Gasteiger partial charge in [-0.2, -0.15) is 0 Å². The van der Waals surface area contributed by atoms with Crippen molar-refractivity contribution in [3.8, 4) is 0 Å². The summed E-state index contributed by atoms with van der Waals surface area (Å²) < 4.78 is 25.4. The Hall–Kier alpha value is -2.19. The minimum Gasteiger partial charge on any atom is -0.389 e. The molecule has 0 amide bonds. The largest absolute Gasteiger partial charge is 0.389 e. The van der Waals surface area contributed by atoms with Crippen LogP contribution in [0.1, 0.15) is 30.9 Å². The van der Waals surface area contributed by atoms with Gasteiger partial charge in [0.25, 0.3) is 0 Å². The van der Waals surface area contributed by atoms with Gasteiger partial charge in [-0.15, -0.1) is 0 Å². The van der Waals surface area contributed by atoms with Gasteiger partial charge in [0.15, 0.2) is 18.4 Å². The molecule has 2 rings (SSSR count). The van der Waals surface area contributed by atoms with Crippen molar-refractivity contribution in [1.29, 1.82) is 0 Å². The van der Waals surface area contributed by atoms with Crippen LogP contribution in [-0.2, 0) is 49.9 Å². The fourth-order valence-corrected chi connectivity index (χ4v) is 3.72. The fourth-order valence-electron chi connectivity index (χ4n) is 3.72. The van der Waals surface area contributed by atoms with E-state index in [1.165, 1.54) is 0 Å². The first-order chi connectivity index (χ1) is 16.9. The second-order valence-electron chi connectivity index (χ2n) is 8.23. The standard InChI is InChI=1S/C23H40N6O6/c1-32-22(33-2)15-28-11-8-25-20(28)13-27(10-6-5-7-18(24)19(31)17-30)14-21-26-9-12-29(21)16-23(34-3)35-4/h8-9,11-12,18,22-23,30H,5-7,10,13-17,24H2,1-4H3. The highest BCUT2D eigenvalue weighted by molar-refractivity contribution is 5.84. The summed E-state index contributed by atoms with van der Waals surface area (Å²) in [6.45, 7) is 2.43. The summed E-state index contributed by atoms with van der Waals surface area (Å²) in [5.41, 5.74) is 5.85. The molecule has 0 fully saturated rings. The molecule has 0 aliphatic heterocycles. The average molecular weight is 497 g/mol. The van der Waals surface area contributed by atoms with Crippen LogP contribution in [0.15, 0.2) is 24.8 Å².